The fraction of sp³-hybridized carbons (Fsp3) is 0.562. The average molecular weight is 316 g/mol. The first-order valence-electron chi connectivity index (χ1n) is 7.96. The van der Waals surface area contributed by atoms with Gasteiger partial charge in [0.05, 0.1) is 12.7 Å². The Bertz CT molecular complexity index is 683. The van der Waals surface area contributed by atoms with Crippen molar-refractivity contribution in [1.82, 2.24) is 20.3 Å². The van der Waals surface area contributed by atoms with Gasteiger partial charge < -0.3 is 14.8 Å². The Labute approximate surface area is 133 Å². The summed E-state index contributed by atoms with van der Waals surface area (Å²) in [6, 6.07) is 7.71. The van der Waals surface area contributed by atoms with Crippen molar-refractivity contribution < 1.29 is 14.3 Å². The number of carbonyl (C=O) groups is 1. The monoisotopic (exact) mass is 316 g/mol. The van der Waals surface area contributed by atoms with Crippen LogP contribution in [0.1, 0.15) is 6.42 Å². The Morgan fingerprint density at radius 3 is 2.83 bits per heavy atom. The van der Waals surface area contributed by atoms with Gasteiger partial charge in [-0.3, -0.25) is 4.79 Å². The van der Waals surface area contributed by atoms with E-state index in [4.69, 9.17) is 9.47 Å². The molecule has 0 bridgehead atoms. The second-order valence-corrected chi connectivity index (χ2v) is 6.22. The third-order valence-corrected chi connectivity index (χ3v) is 4.83. The molecule has 1 saturated heterocycles. The Kier molecular flexibility index (Phi) is 3.74. The van der Waals surface area contributed by atoms with Crippen molar-refractivity contribution >= 4 is 16.9 Å². The average Bonchev–Trinajstić information content (AvgIpc) is 3.14. The number of hydrogen-bond acceptors (Lipinski definition) is 5. The molecule has 1 aliphatic carbocycles. The van der Waals surface area contributed by atoms with Crippen LogP contribution in [0.5, 0.6) is 0 Å². The van der Waals surface area contributed by atoms with E-state index in [9.17, 15) is 4.79 Å². The fourth-order valence-electron chi connectivity index (χ4n) is 3.77. The Balaban J connectivity index is 1.41. The zero-order valence-electron chi connectivity index (χ0n) is 13.0. The first-order valence-corrected chi connectivity index (χ1v) is 7.96. The topological polar surface area (TPSA) is 78.3 Å². The maximum atomic E-state index is 12.3. The van der Waals surface area contributed by atoms with Crippen LogP contribution in [0.3, 0.4) is 0 Å². The van der Waals surface area contributed by atoms with Gasteiger partial charge in [-0.1, -0.05) is 12.1 Å². The summed E-state index contributed by atoms with van der Waals surface area (Å²) in [5, 5.41) is 11.8. The molecular formula is C16H20N4O3. The van der Waals surface area contributed by atoms with Crippen LogP contribution in [0, 0.1) is 11.8 Å². The van der Waals surface area contributed by atoms with Crippen LogP contribution in [-0.2, 0) is 20.8 Å². The molecule has 23 heavy (non-hydrogen) atoms. The molecule has 0 spiro atoms. The number of rotatable bonds is 5. The van der Waals surface area contributed by atoms with Crippen molar-refractivity contribution in [2.75, 3.05) is 20.3 Å². The van der Waals surface area contributed by atoms with E-state index >= 15 is 0 Å². The summed E-state index contributed by atoms with van der Waals surface area (Å²) in [5.74, 6) is 0.576. The van der Waals surface area contributed by atoms with E-state index in [1.54, 1.807) is 7.11 Å². The zero-order chi connectivity index (χ0) is 15.8. The van der Waals surface area contributed by atoms with Gasteiger partial charge >= 0.3 is 0 Å². The van der Waals surface area contributed by atoms with E-state index in [1.165, 1.54) is 4.80 Å². The molecule has 4 rings (SSSR count). The molecular weight excluding hydrogens is 296 g/mol. The molecule has 2 fully saturated rings. The molecule has 2 aliphatic rings. The minimum atomic E-state index is -0.0678. The summed E-state index contributed by atoms with van der Waals surface area (Å²) in [6.07, 6.45) is 1.23. The molecule has 2 aromatic rings. The van der Waals surface area contributed by atoms with Crippen molar-refractivity contribution in [3.63, 3.8) is 0 Å². The van der Waals surface area contributed by atoms with Crippen LogP contribution in [0.4, 0.5) is 0 Å². The smallest absolute Gasteiger partial charge is 0.243 e. The number of fused-ring (bicyclic) bond motifs is 2. The zero-order valence-corrected chi connectivity index (χ0v) is 13.0. The first kappa shape index (κ1) is 14.6. The molecule has 1 aromatic carbocycles. The summed E-state index contributed by atoms with van der Waals surface area (Å²) in [4.78, 5) is 13.8. The van der Waals surface area contributed by atoms with Crippen LogP contribution >= 0.6 is 0 Å². The molecule has 1 saturated carbocycles. The van der Waals surface area contributed by atoms with Crippen molar-refractivity contribution in [2.45, 2.75) is 25.1 Å². The number of methoxy groups -OCH3 is 1. The van der Waals surface area contributed by atoms with Gasteiger partial charge in [-0.15, -0.1) is 0 Å². The predicted molar refractivity (Wildman–Crippen MR) is 82.7 cm³/mol. The van der Waals surface area contributed by atoms with Crippen LogP contribution in [0.25, 0.3) is 11.0 Å². The molecule has 2 heterocycles. The molecule has 4 atom stereocenters. The van der Waals surface area contributed by atoms with E-state index in [-0.39, 0.29) is 30.5 Å². The third-order valence-electron chi connectivity index (χ3n) is 4.83. The number of nitrogens with one attached hydrogen (secondary N) is 1. The maximum Gasteiger partial charge on any atom is 0.243 e. The summed E-state index contributed by atoms with van der Waals surface area (Å²) in [7, 11) is 1.68. The van der Waals surface area contributed by atoms with E-state index in [0.29, 0.717) is 12.5 Å². The lowest BCUT2D eigenvalue weighted by molar-refractivity contribution is -0.130. The summed E-state index contributed by atoms with van der Waals surface area (Å²) in [6.45, 7) is 1.51. The van der Waals surface area contributed by atoms with Crippen molar-refractivity contribution in [2.24, 2.45) is 11.8 Å². The molecule has 1 aromatic heterocycles. The first-order chi connectivity index (χ1) is 11.3. The van der Waals surface area contributed by atoms with Crippen LogP contribution in [0.15, 0.2) is 24.3 Å². The van der Waals surface area contributed by atoms with E-state index in [2.05, 4.69) is 15.5 Å². The standard InChI is InChI=1S/C16H20N4O3/c1-22-9-11-15(10-6-7-23-16(10)11)17-14(21)8-20-18-12-4-2-3-5-13(12)19-20/h2-5,10-11,15-16H,6-9H2,1H3,(H,17,21)/t10-,11+,15+,16-/m0/s1. The SMILES string of the molecule is COC[C@@H]1[C@H](NC(=O)Cn2nc3ccccc3n2)[C@@H]2CCO[C@H]12. The number of carbonyl (C=O) groups excluding carboxylic acids is 1. The number of nitrogens with zero attached hydrogens (tertiary/aromatic N) is 3. The summed E-state index contributed by atoms with van der Waals surface area (Å²) in [5.41, 5.74) is 1.59. The number of aromatic nitrogens is 3. The lowest BCUT2D eigenvalue weighted by atomic mass is 9.67. The Morgan fingerprint density at radius 2 is 2.13 bits per heavy atom. The Hall–Kier alpha value is -1.99. The summed E-state index contributed by atoms with van der Waals surface area (Å²) >= 11 is 0. The number of benzene rings is 1. The molecule has 7 nitrogen and oxygen atoms in total. The second-order valence-electron chi connectivity index (χ2n) is 6.22. The molecule has 0 unspecified atom stereocenters. The van der Waals surface area contributed by atoms with Crippen molar-refractivity contribution in [1.29, 1.82) is 0 Å². The van der Waals surface area contributed by atoms with Gasteiger partial charge in [0.1, 0.15) is 17.6 Å². The van der Waals surface area contributed by atoms with Gasteiger partial charge in [0.25, 0.3) is 0 Å². The highest BCUT2D eigenvalue weighted by Gasteiger charge is 2.54. The molecule has 1 amide bonds. The van der Waals surface area contributed by atoms with Crippen LogP contribution in [-0.4, -0.2) is 53.4 Å². The minimum Gasteiger partial charge on any atom is -0.384 e. The van der Waals surface area contributed by atoms with Crippen LogP contribution in [0.2, 0.25) is 0 Å². The summed E-state index contributed by atoms with van der Waals surface area (Å²) < 4.78 is 11.0. The molecule has 1 N–H and O–H groups in total. The highest BCUT2D eigenvalue weighted by atomic mass is 16.5. The number of amides is 1. The highest BCUT2D eigenvalue weighted by Crippen LogP contribution is 2.43. The van der Waals surface area contributed by atoms with Gasteiger partial charge in [-0.2, -0.15) is 15.0 Å². The largest absolute Gasteiger partial charge is 0.384 e. The van der Waals surface area contributed by atoms with Crippen molar-refractivity contribution in [3.8, 4) is 0 Å². The minimum absolute atomic E-state index is 0.0678. The van der Waals surface area contributed by atoms with Gasteiger partial charge in [0.15, 0.2) is 0 Å². The predicted octanol–water partition coefficient (Wildman–Crippen LogP) is 0.597. The van der Waals surface area contributed by atoms with Gasteiger partial charge in [-0.05, 0) is 18.6 Å². The molecule has 122 valence electrons. The Morgan fingerprint density at radius 1 is 1.39 bits per heavy atom. The van der Waals surface area contributed by atoms with Gasteiger partial charge in [0.2, 0.25) is 5.91 Å². The molecule has 1 aliphatic heterocycles. The number of ether oxygens (including phenoxy) is 2. The second kappa shape index (κ2) is 5.90. The van der Waals surface area contributed by atoms with E-state index in [0.717, 1.165) is 24.1 Å². The lowest BCUT2D eigenvalue weighted by Gasteiger charge is -2.47. The fourth-order valence-corrected chi connectivity index (χ4v) is 3.77. The molecule has 0 radical (unpaired) electrons. The number of hydrogen-bond donors (Lipinski definition) is 1. The van der Waals surface area contributed by atoms with Crippen LogP contribution < -0.4 is 5.32 Å². The van der Waals surface area contributed by atoms with Gasteiger partial charge in [-0.25, -0.2) is 0 Å². The van der Waals surface area contributed by atoms with E-state index in [1.807, 2.05) is 24.3 Å². The molecule has 7 heteroatoms. The highest BCUT2D eigenvalue weighted by molar-refractivity contribution is 5.77. The lowest BCUT2D eigenvalue weighted by Crippen LogP contribution is -2.63. The van der Waals surface area contributed by atoms with Crippen molar-refractivity contribution in [3.05, 3.63) is 24.3 Å². The van der Waals surface area contributed by atoms with E-state index < -0.39 is 0 Å². The quantitative estimate of drug-likeness (QED) is 0.874. The third kappa shape index (κ3) is 2.60. The normalized spacial score (nSPS) is 29.3. The maximum absolute atomic E-state index is 12.3. The van der Waals surface area contributed by atoms with Gasteiger partial charge in [0, 0.05) is 31.6 Å².